The van der Waals surface area contributed by atoms with Crippen LogP contribution < -0.4 is 16.0 Å². The molecule has 2 heterocycles. The predicted octanol–water partition coefficient (Wildman–Crippen LogP) is 3.33. The Bertz CT molecular complexity index is 2200. The van der Waals surface area contributed by atoms with Gasteiger partial charge >= 0.3 is 5.97 Å². The standard InChI is InChI=1S/C43H49BrFN3O12S/c1-40-10-9-26(51)14-25(40)5-6-27-28-15-34-43(33(53)20-50,41(28,2)16-32(52)42(27,40)45)60-39(59-34)31-13-23(21-61-31)11-22-3-4-24(19-49)30(12-22)48-38(58)29(7-8-37(56)57)47-36(55)18-46-35(54)17-44/h3-4,9-10,12-14,21,27-29,32,34,39,49-50,52H,5-8,11,15-20H2,1-2H3,(H,46,54)(H,47,55)(H,48,58)(H,56,57)/t27-,28-,29-,32-,34+,39+,40-,41-,42-,43+/m0/s1. The summed E-state index contributed by atoms with van der Waals surface area (Å²) < 4.78 is 31.0. The Kier molecular flexibility index (Phi) is 12.6. The number of Topliss-reactive ketones (excluding diaryl/α,β-unsaturated/α-hetero) is 1. The molecule has 0 radical (unpaired) electrons. The van der Waals surface area contributed by atoms with E-state index in [4.69, 9.17) is 9.47 Å². The van der Waals surface area contributed by atoms with Gasteiger partial charge in [-0.3, -0.25) is 28.8 Å². The number of carboxylic acids is 1. The second-order valence-electron chi connectivity index (χ2n) is 17.0. The summed E-state index contributed by atoms with van der Waals surface area (Å²) in [5, 5.41) is 50.9. The first kappa shape index (κ1) is 44.9. The summed E-state index contributed by atoms with van der Waals surface area (Å²) in [6, 6.07) is 5.63. The fourth-order valence-corrected chi connectivity index (χ4v) is 11.8. The molecule has 4 aliphatic carbocycles. The molecule has 15 nitrogen and oxygen atoms in total. The first-order chi connectivity index (χ1) is 28.9. The van der Waals surface area contributed by atoms with Crippen molar-refractivity contribution in [3.8, 4) is 0 Å². The lowest BCUT2D eigenvalue weighted by molar-refractivity contribution is -0.231. The number of alkyl halides is 2. The maximum Gasteiger partial charge on any atom is 0.303 e. The number of ketones is 2. The van der Waals surface area contributed by atoms with Gasteiger partial charge in [-0.1, -0.05) is 46.6 Å². The summed E-state index contributed by atoms with van der Waals surface area (Å²) in [6.07, 6.45) is 1.66. The minimum absolute atomic E-state index is 0.0377. The number of aliphatic hydroxyl groups excluding tert-OH is 3. The van der Waals surface area contributed by atoms with Gasteiger partial charge in [-0.05, 0) is 92.2 Å². The maximum absolute atomic E-state index is 17.8. The Balaban J connectivity index is 1.08. The van der Waals surface area contributed by atoms with Crippen molar-refractivity contribution in [3.05, 3.63) is 75.0 Å². The van der Waals surface area contributed by atoms with Crippen LogP contribution in [0.1, 0.15) is 80.2 Å². The molecule has 2 aromatic rings. The quantitative estimate of drug-likeness (QED) is 0.128. The third-order valence-corrected chi connectivity index (χ3v) is 15.2. The lowest BCUT2D eigenvalue weighted by Gasteiger charge is -2.62. The summed E-state index contributed by atoms with van der Waals surface area (Å²) in [4.78, 5) is 75.7. The number of carboxylic acid groups (broad SMARTS) is 1. The van der Waals surface area contributed by atoms with Crippen LogP contribution in [-0.2, 0) is 51.3 Å². The first-order valence-corrected chi connectivity index (χ1v) is 22.2. The van der Waals surface area contributed by atoms with Crippen LogP contribution >= 0.6 is 27.3 Å². The van der Waals surface area contributed by atoms with E-state index in [9.17, 15) is 49.2 Å². The summed E-state index contributed by atoms with van der Waals surface area (Å²) in [6.45, 7) is 1.84. The highest BCUT2D eigenvalue weighted by molar-refractivity contribution is 9.09. The zero-order valence-corrected chi connectivity index (χ0v) is 36.0. The van der Waals surface area contributed by atoms with E-state index in [0.29, 0.717) is 35.3 Å². The van der Waals surface area contributed by atoms with Crippen LogP contribution in [-0.4, -0.2) is 104 Å². The van der Waals surface area contributed by atoms with Gasteiger partial charge in [0.25, 0.3) is 0 Å². The molecule has 61 heavy (non-hydrogen) atoms. The van der Waals surface area contributed by atoms with E-state index in [1.807, 2.05) is 18.4 Å². The van der Waals surface area contributed by atoms with E-state index < -0.39 is 114 Å². The van der Waals surface area contributed by atoms with Gasteiger partial charge in [-0.2, -0.15) is 0 Å². The minimum Gasteiger partial charge on any atom is -0.481 e. The van der Waals surface area contributed by atoms with Crippen LogP contribution in [0.5, 0.6) is 0 Å². The number of nitrogens with one attached hydrogen (secondary N) is 3. The Morgan fingerprint density at radius 3 is 2.56 bits per heavy atom. The number of fused-ring (bicyclic) bond motifs is 7. The van der Waals surface area contributed by atoms with E-state index >= 15 is 4.39 Å². The summed E-state index contributed by atoms with van der Waals surface area (Å²) in [7, 11) is 0. The van der Waals surface area contributed by atoms with Gasteiger partial charge < -0.3 is 45.9 Å². The van der Waals surface area contributed by atoms with Gasteiger partial charge in [0.15, 0.2) is 29.1 Å². The molecule has 0 spiro atoms. The fraction of sp³-hybridized carbons (Fsp3) is 0.535. The van der Waals surface area contributed by atoms with Gasteiger partial charge in [-0.25, -0.2) is 4.39 Å². The van der Waals surface area contributed by atoms with E-state index in [0.717, 1.165) is 11.1 Å². The molecule has 3 saturated carbocycles. The van der Waals surface area contributed by atoms with Crippen LogP contribution in [0, 0.1) is 22.7 Å². The molecule has 18 heteroatoms. The van der Waals surface area contributed by atoms with Crippen LogP contribution in [0.25, 0.3) is 0 Å². The first-order valence-electron chi connectivity index (χ1n) is 20.2. The van der Waals surface area contributed by atoms with E-state index in [2.05, 4.69) is 31.9 Å². The number of allylic oxidation sites excluding steroid dienone is 4. The molecule has 1 aliphatic heterocycles. The number of rotatable bonds is 15. The molecule has 1 aromatic heterocycles. The zero-order chi connectivity index (χ0) is 44.1. The van der Waals surface area contributed by atoms with E-state index in [1.165, 1.54) is 23.5 Å². The molecule has 7 rings (SSSR count). The Labute approximate surface area is 363 Å². The number of halogens is 2. The van der Waals surface area contributed by atoms with Gasteiger partial charge in [0, 0.05) is 34.4 Å². The van der Waals surface area contributed by atoms with E-state index in [1.54, 1.807) is 31.2 Å². The maximum atomic E-state index is 17.8. The number of thiophene rings is 1. The number of aliphatic hydroxyl groups is 3. The van der Waals surface area contributed by atoms with Crippen molar-refractivity contribution >= 4 is 68.2 Å². The number of hydrogen-bond donors (Lipinski definition) is 7. The highest BCUT2D eigenvalue weighted by Gasteiger charge is 2.79. The summed E-state index contributed by atoms with van der Waals surface area (Å²) >= 11 is 4.30. The Hall–Kier alpha value is -4.17. The normalized spacial score (nSPS) is 32.7. The van der Waals surface area contributed by atoms with Crippen molar-refractivity contribution in [3.63, 3.8) is 0 Å². The van der Waals surface area contributed by atoms with Crippen molar-refractivity contribution < 1.29 is 63.1 Å². The van der Waals surface area contributed by atoms with Crippen molar-refractivity contribution in [2.24, 2.45) is 22.7 Å². The number of ether oxygens (including phenoxy) is 2. The SMILES string of the molecule is C[C@]12C=CC(=O)C=C1CC[C@H]1[C@@H]3C[C@H]4O[C@@H](c5cc(Cc6ccc(CO)c(NC(=O)[C@H](CCC(=O)O)NC(=O)CNC(=O)CBr)c6)cs5)O[C@@]4(C(=O)CO)[C@@]3(C)C[C@H](O)[C@@]12F. The highest BCUT2D eigenvalue weighted by Crippen LogP contribution is 2.72. The number of anilines is 1. The van der Waals surface area contributed by atoms with Gasteiger partial charge in [0.1, 0.15) is 12.6 Å². The predicted molar refractivity (Wildman–Crippen MR) is 221 cm³/mol. The second-order valence-corrected chi connectivity index (χ2v) is 18.5. The number of hydrogen-bond acceptors (Lipinski definition) is 12. The topological polar surface area (TPSA) is 238 Å². The summed E-state index contributed by atoms with van der Waals surface area (Å²) in [5.41, 5.74) is -3.33. The number of amides is 3. The average Bonchev–Trinajstić information content (AvgIpc) is 3.92. The van der Waals surface area contributed by atoms with Crippen LogP contribution in [0.15, 0.2) is 53.4 Å². The monoisotopic (exact) mass is 929 g/mol. The molecular weight excluding hydrogens is 881 g/mol. The van der Waals surface area contributed by atoms with Crippen molar-refractivity contribution in [1.82, 2.24) is 10.6 Å². The third kappa shape index (κ3) is 7.71. The number of carbonyl (C=O) groups excluding carboxylic acids is 5. The van der Waals surface area contributed by atoms with E-state index in [-0.39, 0.29) is 36.1 Å². The Morgan fingerprint density at radius 2 is 1.85 bits per heavy atom. The minimum atomic E-state index is -2.12. The smallest absolute Gasteiger partial charge is 0.303 e. The molecular formula is C43H49BrFN3O12S. The van der Waals surface area contributed by atoms with Crippen LogP contribution in [0.4, 0.5) is 10.1 Å². The lowest BCUT2D eigenvalue weighted by Crippen LogP contribution is -2.69. The van der Waals surface area contributed by atoms with Gasteiger partial charge in [0.2, 0.25) is 17.7 Å². The molecule has 0 bridgehead atoms. The molecule has 3 amide bonds. The zero-order valence-electron chi connectivity index (χ0n) is 33.6. The molecule has 1 saturated heterocycles. The largest absolute Gasteiger partial charge is 0.481 e. The van der Waals surface area contributed by atoms with Crippen molar-refractivity contribution in [2.45, 2.75) is 101 Å². The highest BCUT2D eigenvalue weighted by atomic mass is 79.9. The van der Waals surface area contributed by atoms with Crippen LogP contribution in [0.3, 0.4) is 0 Å². The van der Waals surface area contributed by atoms with Gasteiger partial charge in [-0.15, -0.1) is 11.3 Å². The molecule has 0 unspecified atom stereocenters. The molecule has 5 aliphatic rings. The molecule has 1 aromatic carbocycles. The molecule has 4 fully saturated rings. The average molecular weight is 931 g/mol. The number of benzene rings is 1. The van der Waals surface area contributed by atoms with Gasteiger partial charge in [0.05, 0.1) is 35.6 Å². The lowest BCUT2D eigenvalue weighted by atomic mass is 9.44. The summed E-state index contributed by atoms with van der Waals surface area (Å²) in [5.74, 6) is -5.01. The fourth-order valence-electron chi connectivity index (χ4n) is 10.8. The molecule has 328 valence electrons. The van der Waals surface area contributed by atoms with Crippen molar-refractivity contribution in [1.29, 1.82) is 0 Å². The second kappa shape index (κ2) is 17.2. The Morgan fingerprint density at radius 1 is 1.08 bits per heavy atom. The number of aliphatic carboxylic acids is 1. The molecule has 7 N–H and O–H groups in total. The third-order valence-electron chi connectivity index (χ3n) is 13.7. The van der Waals surface area contributed by atoms with Crippen molar-refractivity contribution in [2.75, 3.05) is 23.8 Å². The number of carbonyl (C=O) groups is 6. The molecule has 10 atom stereocenters. The van der Waals surface area contributed by atoms with Crippen LogP contribution in [0.2, 0.25) is 0 Å².